The molecule has 90 valence electrons. The predicted octanol–water partition coefficient (Wildman–Crippen LogP) is -0.223. The van der Waals surface area contributed by atoms with Crippen molar-refractivity contribution in [2.24, 2.45) is 0 Å². The summed E-state index contributed by atoms with van der Waals surface area (Å²) in [5, 5.41) is 6.86. The Balaban J connectivity index is 2.58. The van der Waals surface area contributed by atoms with Crippen LogP contribution in [0.4, 0.5) is 0 Å². The zero-order chi connectivity index (χ0) is 11.3. The van der Waals surface area contributed by atoms with E-state index in [-0.39, 0.29) is 0 Å². The monoisotopic (exact) mass is 214 g/mol. The van der Waals surface area contributed by atoms with Crippen LogP contribution in [0.25, 0.3) is 0 Å². The highest BCUT2D eigenvalue weighted by Crippen LogP contribution is 2.10. The maximum atomic E-state index is 3.46. The molecular weight excluding hydrogens is 188 g/mol. The Morgan fingerprint density at radius 3 is 2.33 bits per heavy atom. The van der Waals surface area contributed by atoms with E-state index in [0.29, 0.717) is 12.2 Å². The fourth-order valence-electron chi connectivity index (χ4n) is 2.45. The highest BCUT2D eigenvalue weighted by atomic mass is 15.3. The number of piperazine rings is 1. The molecule has 0 radical (unpaired) electrons. The minimum Gasteiger partial charge on any atom is -0.314 e. The second kappa shape index (κ2) is 6.43. The van der Waals surface area contributed by atoms with E-state index < -0.39 is 0 Å². The molecular formula is C11H26N4. The highest BCUT2D eigenvalue weighted by Gasteiger charge is 2.27. The summed E-state index contributed by atoms with van der Waals surface area (Å²) in [6.45, 7) is 6.78. The summed E-state index contributed by atoms with van der Waals surface area (Å²) in [4.78, 5) is 4.87. The number of hydrogen-bond donors (Lipinski definition) is 2. The van der Waals surface area contributed by atoms with Crippen molar-refractivity contribution in [1.82, 2.24) is 20.4 Å². The van der Waals surface area contributed by atoms with Crippen molar-refractivity contribution in [2.75, 3.05) is 47.3 Å². The Bertz CT molecular complexity index is 166. The molecule has 1 heterocycles. The average Bonchev–Trinajstić information content (AvgIpc) is 2.26. The topological polar surface area (TPSA) is 30.5 Å². The Hall–Kier alpha value is -0.160. The zero-order valence-corrected chi connectivity index (χ0v) is 10.6. The van der Waals surface area contributed by atoms with E-state index in [4.69, 9.17) is 0 Å². The van der Waals surface area contributed by atoms with Crippen LogP contribution < -0.4 is 10.6 Å². The van der Waals surface area contributed by atoms with Gasteiger partial charge in [0.05, 0.1) is 6.17 Å². The normalized spacial score (nSPS) is 23.0. The molecule has 0 aliphatic carbocycles. The van der Waals surface area contributed by atoms with Gasteiger partial charge < -0.3 is 15.5 Å². The summed E-state index contributed by atoms with van der Waals surface area (Å²) in [6, 6.07) is 0.591. The lowest BCUT2D eigenvalue weighted by molar-refractivity contribution is 0.0751. The Labute approximate surface area is 94.0 Å². The number of nitrogens with zero attached hydrogens (tertiary/aromatic N) is 2. The van der Waals surface area contributed by atoms with E-state index in [2.05, 4.69) is 48.5 Å². The summed E-state index contributed by atoms with van der Waals surface area (Å²) >= 11 is 0. The fraction of sp³-hybridized carbons (Fsp3) is 1.00. The predicted molar refractivity (Wildman–Crippen MR) is 65.1 cm³/mol. The third-order valence-corrected chi connectivity index (χ3v) is 3.29. The first kappa shape index (κ1) is 12.9. The van der Waals surface area contributed by atoms with Crippen LogP contribution >= 0.6 is 0 Å². The van der Waals surface area contributed by atoms with Crippen LogP contribution in [0.5, 0.6) is 0 Å². The maximum absolute atomic E-state index is 3.46. The molecule has 0 saturated carbocycles. The number of likely N-dealkylation sites (N-methyl/N-ethyl adjacent to an activating group) is 2. The SMILES string of the molecule is CC[C@H](C(NC)N1CCNCC1)N(C)C. The van der Waals surface area contributed by atoms with Gasteiger partial charge in [0.1, 0.15) is 0 Å². The lowest BCUT2D eigenvalue weighted by Crippen LogP contribution is -2.60. The largest absolute Gasteiger partial charge is 0.314 e. The molecule has 1 unspecified atom stereocenters. The quantitative estimate of drug-likeness (QED) is 0.662. The van der Waals surface area contributed by atoms with E-state index >= 15 is 0 Å². The maximum Gasteiger partial charge on any atom is 0.0755 e. The molecule has 0 amide bonds. The van der Waals surface area contributed by atoms with Crippen LogP contribution in [0.15, 0.2) is 0 Å². The van der Waals surface area contributed by atoms with Crippen LogP contribution in [0.3, 0.4) is 0 Å². The molecule has 0 aromatic rings. The van der Waals surface area contributed by atoms with Crippen molar-refractivity contribution in [3.05, 3.63) is 0 Å². The number of rotatable bonds is 5. The molecule has 0 spiro atoms. The second-order valence-corrected chi connectivity index (χ2v) is 4.46. The van der Waals surface area contributed by atoms with Gasteiger partial charge in [-0.25, -0.2) is 0 Å². The van der Waals surface area contributed by atoms with Crippen molar-refractivity contribution in [3.63, 3.8) is 0 Å². The molecule has 1 fully saturated rings. The second-order valence-electron chi connectivity index (χ2n) is 4.46. The van der Waals surface area contributed by atoms with Gasteiger partial charge in [-0.05, 0) is 27.6 Å². The van der Waals surface area contributed by atoms with Gasteiger partial charge in [0.25, 0.3) is 0 Å². The standard InChI is InChI=1S/C11H26N4/c1-5-10(14(3)4)11(12-2)15-8-6-13-7-9-15/h10-13H,5-9H2,1-4H3/t10-,11?/m1/s1. The Kier molecular flexibility index (Phi) is 5.53. The molecule has 1 rings (SSSR count). The van der Waals surface area contributed by atoms with Gasteiger partial charge in [-0.15, -0.1) is 0 Å². The van der Waals surface area contributed by atoms with Crippen molar-refractivity contribution >= 4 is 0 Å². The molecule has 15 heavy (non-hydrogen) atoms. The smallest absolute Gasteiger partial charge is 0.0755 e. The summed E-state index contributed by atoms with van der Waals surface area (Å²) in [6.07, 6.45) is 1.66. The summed E-state index contributed by atoms with van der Waals surface area (Å²) in [5.74, 6) is 0. The van der Waals surface area contributed by atoms with Crippen molar-refractivity contribution in [3.8, 4) is 0 Å². The highest BCUT2D eigenvalue weighted by molar-refractivity contribution is 4.83. The Morgan fingerprint density at radius 2 is 1.93 bits per heavy atom. The summed E-state index contributed by atoms with van der Waals surface area (Å²) < 4.78 is 0. The molecule has 0 bridgehead atoms. The number of hydrogen-bond acceptors (Lipinski definition) is 4. The van der Waals surface area contributed by atoms with E-state index in [1.165, 1.54) is 6.42 Å². The number of nitrogens with one attached hydrogen (secondary N) is 2. The van der Waals surface area contributed by atoms with E-state index in [1.54, 1.807) is 0 Å². The summed E-state index contributed by atoms with van der Waals surface area (Å²) in [7, 11) is 6.40. The zero-order valence-electron chi connectivity index (χ0n) is 10.6. The van der Waals surface area contributed by atoms with Gasteiger partial charge in [0, 0.05) is 32.2 Å². The van der Waals surface area contributed by atoms with Crippen LogP contribution in [0.2, 0.25) is 0 Å². The molecule has 1 aliphatic heterocycles. The van der Waals surface area contributed by atoms with Gasteiger partial charge in [0.2, 0.25) is 0 Å². The molecule has 4 heteroatoms. The van der Waals surface area contributed by atoms with E-state index in [9.17, 15) is 0 Å². The molecule has 0 aromatic carbocycles. The average molecular weight is 214 g/mol. The van der Waals surface area contributed by atoms with Gasteiger partial charge in [0.15, 0.2) is 0 Å². The van der Waals surface area contributed by atoms with Gasteiger partial charge in [-0.2, -0.15) is 0 Å². The van der Waals surface area contributed by atoms with Crippen molar-refractivity contribution in [1.29, 1.82) is 0 Å². The lowest BCUT2D eigenvalue weighted by atomic mass is 10.1. The van der Waals surface area contributed by atoms with Crippen LogP contribution in [0.1, 0.15) is 13.3 Å². The third kappa shape index (κ3) is 3.41. The minimum atomic E-state index is 0.479. The Morgan fingerprint density at radius 1 is 1.33 bits per heavy atom. The minimum absolute atomic E-state index is 0.479. The van der Waals surface area contributed by atoms with Gasteiger partial charge in [-0.3, -0.25) is 4.90 Å². The first-order chi connectivity index (χ1) is 7.20. The summed E-state index contributed by atoms with van der Waals surface area (Å²) in [5.41, 5.74) is 0. The van der Waals surface area contributed by atoms with Gasteiger partial charge >= 0.3 is 0 Å². The van der Waals surface area contributed by atoms with Crippen LogP contribution in [0, 0.1) is 0 Å². The molecule has 0 aromatic heterocycles. The molecule has 1 saturated heterocycles. The van der Waals surface area contributed by atoms with E-state index in [1.807, 2.05) is 0 Å². The van der Waals surface area contributed by atoms with E-state index in [0.717, 1.165) is 26.2 Å². The third-order valence-electron chi connectivity index (χ3n) is 3.29. The van der Waals surface area contributed by atoms with Crippen LogP contribution in [-0.4, -0.2) is 69.3 Å². The van der Waals surface area contributed by atoms with Crippen molar-refractivity contribution < 1.29 is 0 Å². The lowest BCUT2D eigenvalue weighted by Gasteiger charge is -2.41. The van der Waals surface area contributed by atoms with Crippen LogP contribution in [-0.2, 0) is 0 Å². The molecule has 4 nitrogen and oxygen atoms in total. The first-order valence-corrected chi connectivity index (χ1v) is 5.99. The van der Waals surface area contributed by atoms with Gasteiger partial charge in [-0.1, -0.05) is 6.92 Å². The first-order valence-electron chi connectivity index (χ1n) is 5.99. The molecule has 2 atom stereocenters. The molecule has 2 N–H and O–H groups in total. The van der Waals surface area contributed by atoms with Crippen molar-refractivity contribution in [2.45, 2.75) is 25.6 Å². The fourth-order valence-corrected chi connectivity index (χ4v) is 2.45. The molecule has 1 aliphatic rings.